The van der Waals surface area contributed by atoms with Crippen molar-refractivity contribution in [2.45, 2.75) is 43.1 Å². The minimum absolute atomic E-state index is 0.271. The number of aliphatic hydroxyl groups is 6. The summed E-state index contributed by atoms with van der Waals surface area (Å²) in [6.07, 6.45) is -4.15. The molecule has 1 saturated heterocycles. The number of aliphatic hydroxyl groups excluding tert-OH is 6. The van der Waals surface area contributed by atoms with Gasteiger partial charge in [-0.3, -0.25) is 0 Å². The summed E-state index contributed by atoms with van der Waals surface area (Å²) < 4.78 is 16.3. The van der Waals surface area contributed by atoms with Crippen LogP contribution in [0.4, 0.5) is 0 Å². The highest BCUT2D eigenvalue weighted by molar-refractivity contribution is 5.23. The lowest BCUT2D eigenvalue weighted by Crippen LogP contribution is -2.60. The fourth-order valence-corrected chi connectivity index (χ4v) is 3.34. The molecule has 9 heteroatoms. The first-order valence-electron chi connectivity index (χ1n) is 7.75. The Hall–Kier alpha value is -1.04. The molecule has 0 aromatic heterocycles. The third-order valence-corrected chi connectivity index (χ3v) is 4.71. The standard InChI is InChI=1S/C15H22O9/c16-3-6-5-22-14(7-1-2-8(18)10(6)7)24-15-13(21)12(20)11(19)9(4-17)23-15/h1-2,5,7-21H,3-4H2/t7-,8-,9+,10-,11+,12-,13+,14+,15-/m1/s1. The molecule has 0 amide bonds. The van der Waals surface area contributed by atoms with Crippen LogP contribution in [-0.2, 0) is 14.2 Å². The minimum Gasteiger partial charge on any atom is -0.472 e. The highest BCUT2D eigenvalue weighted by Crippen LogP contribution is 2.40. The molecule has 136 valence electrons. The van der Waals surface area contributed by atoms with E-state index in [1.807, 2.05) is 0 Å². The van der Waals surface area contributed by atoms with Crippen molar-refractivity contribution in [3.63, 3.8) is 0 Å². The van der Waals surface area contributed by atoms with Gasteiger partial charge in [-0.2, -0.15) is 0 Å². The van der Waals surface area contributed by atoms with Gasteiger partial charge in [-0.15, -0.1) is 0 Å². The van der Waals surface area contributed by atoms with E-state index < -0.39 is 61.5 Å². The van der Waals surface area contributed by atoms with Crippen molar-refractivity contribution in [2.24, 2.45) is 11.8 Å². The maximum Gasteiger partial charge on any atom is 0.208 e. The highest BCUT2D eigenvalue weighted by Gasteiger charge is 2.48. The van der Waals surface area contributed by atoms with Gasteiger partial charge in [0.1, 0.15) is 24.4 Å². The summed E-state index contributed by atoms with van der Waals surface area (Å²) in [6.45, 7) is -0.831. The van der Waals surface area contributed by atoms with E-state index in [9.17, 15) is 30.6 Å². The van der Waals surface area contributed by atoms with Gasteiger partial charge in [0.2, 0.25) is 6.29 Å². The van der Waals surface area contributed by atoms with Crippen LogP contribution >= 0.6 is 0 Å². The second kappa shape index (κ2) is 7.06. The van der Waals surface area contributed by atoms with E-state index in [4.69, 9.17) is 14.2 Å². The number of hydrogen-bond acceptors (Lipinski definition) is 9. The lowest BCUT2D eigenvalue weighted by molar-refractivity contribution is -0.339. The molecule has 0 radical (unpaired) electrons. The predicted octanol–water partition coefficient (Wildman–Crippen LogP) is -2.80. The molecule has 0 saturated carbocycles. The summed E-state index contributed by atoms with van der Waals surface area (Å²) in [5, 5.41) is 58.2. The molecule has 0 unspecified atom stereocenters. The fraction of sp³-hybridized carbons (Fsp3) is 0.733. The largest absolute Gasteiger partial charge is 0.472 e. The number of hydrogen-bond donors (Lipinski definition) is 6. The molecule has 1 fully saturated rings. The average molecular weight is 346 g/mol. The molecule has 9 atom stereocenters. The maximum absolute atomic E-state index is 10.0. The van der Waals surface area contributed by atoms with E-state index >= 15 is 0 Å². The molecule has 9 nitrogen and oxygen atoms in total. The van der Waals surface area contributed by atoms with E-state index in [0.717, 1.165) is 0 Å². The molecule has 6 N–H and O–H groups in total. The van der Waals surface area contributed by atoms with E-state index in [1.165, 1.54) is 6.26 Å². The second-order valence-electron chi connectivity index (χ2n) is 6.17. The van der Waals surface area contributed by atoms with Crippen molar-refractivity contribution in [3.05, 3.63) is 24.0 Å². The van der Waals surface area contributed by atoms with Crippen LogP contribution in [0, 0.1) is 11.8 Å². The van der Waals surface area contributed by atoms with Gasteiger partial charge in [-0.05, 0) is 5.57 Å². The van der Waals surface area contributed by atoms with Gasteiger partial charge in [0, 0.05) is 11.8 Å². The van der Waals surface area contributed by atoms with E-state index in [1.54, 1.807) is 12.2 Å². The molecule has 0 aromatic rings. The lowest BCUT2D eigenvalue weighted by Gasteiger charge is -2.42. The second-order valence-corrected chi connectivity index (χ2v) is 6.17. The Morgan fingerprint density at radius 3 is 2.38 bits per heavy atom. The Kier molecular flexibility index (Phi) is 5.23. The van der Waals surface area contributed by atoms with Gasteiger partial charge in [0.05, 0.1) is 25.6 Å². The van der Waals surface area contributed by atoms with Gasteiger partial charge in [-0.25, -0.2) is 0 Å². The number of ether oxygens (including phenoxy) is 3. The third-order valence-electron chi connectivity index (χ3n) is 4.71. The van der Waals surface area contributed by atoms with Crippen LogP contribution in [0.15, 0.2) is 24.0 Å². The van der Waals surface area contributed by atoms with Crippen LogP contribution in [0.25, 0.3) is 0 Å². The Morgan fingerprint density at radius 1 is 0.958 bits per heavy atom. The van der Waals surface area contributed by atoms with Crippen molar-refractivity contribution in [2.75, 3.05) is 13.2 Å². The Morgan fingerprint density at radius 2 is 1.71 bits per heavy atom. The predicted molar refractivity (Wildman–Crippen MR) is 77.0 cm³/mol. The van der Waals surface area contributed by atoms with Gasteiger partial charge < -0.3 is 44.8 Å². The van der Waals surface area contributed by atoms with Crippen molar-refractivity contribution < 1.29 is 44.8 Å². The average Bonchev–Trinajstić information content (AvgIpc) is 2.98. The zero-order chi connectivity index (χ0) is 17.4. The first-order valence-corrected chi connectivity index (χ1v) is 7.75. The molecule has 0 aromatic carbocycles. The quantitative estimate of drug-likeness (QED) is 0.297. The van der Waals surface area contributed by atoms with E-state index in [0.29, 0.717) is 5.57 Å². The lowest BCUT2D eigenvalue weighted by atomic mass is 9.85. The molecule has 2 aliphatic heterocycles. The van der Waals surface area contributed by atoms with Crippen LogP contribution in [0.1, 0.15) is 0 Å². The summed E-state index contributed by atoms with van der Waals surface area (Å²) in [5.41, 5.74) is 0.520. The topological polar surface area (TPSA) is 149 Å². The highest BCUT2D eigenvalue weighted by atomic mass is 16.8. The fourth-order valence-electron chi connectivity index (χ4n) is 3.34. The monoisotopic (exact) mass is 346 g/mol. The normalized spacial score (nSPS) is 47.9. The SMILES string of the molecule is OCC1=CO[C@@H](O[C@H]2O[C@@H](CO)[C@H](O)[C@@H](O)[C@@H]2O)[C@@H]2C=C[C@@H](O)[C@H]12. The van der Waals surface area contributed by atoms with Crippen LogP contribution in [0.5, 0.6) is 0 Å². The van der Waals surface area contributed by atoms with Gasteiger partial charge >= 0.3 is 0 Å². The molecule has 0 bridgehead atoms. The zero-order valence-corrected chi connectivity index (χ0v) is 12.8. The number of fused-ring (bicyclic) bond motifs is 1. The van der Waals surface area contributed by atoms with Crippen molar-refractivity contribution >= 4 is 0 Å². The molecule has 3 aliphatic rings. The molecule has 2 heterocycles. The Balaban J connectivity index is 1.73. The minimum atomic E-state index is -1.55. The summed E-state index contributed by atoms with van der Waals surface area (Å²) in [4.78, 5) is 0. The summed E-state index contributed by atoms with van der Waals surface area (Å²) in [5.74, 6) is -0.835. The molecular weight excluding hydrogens is 324 g/mol. The molecule has 0 spiro atoms. The van der Waals surface area contributed by atoms with E-state index in [2.05, 4.69) is 0 Å². The van der Waals surface area contributed by atoms with Crippen LogP contribution in [0.2, 0.25) is 0 Å². The van der Waals surface area contributed by atoms with Crippen molar-refractivity contribution in [1.82, 2.24) is 0 Å². The molecule has 1 aliphatic carbocycles. The first kappa shape index (κ1) is 17.8. The van der Waals surface area contributed by atoms with Crippen LogP contribution < -0.4 is 0 Å². The van der Waals surface area contributed by atoms with Crippen molar-refractivity contribution in [1.29, 1.82) is 0 Å². The van der Waals surface area contributed by atoms with Gasteiger partial charge in [-0.1, -0.05) is 12.2 Å². The molecule has 3 rings (SSSR count). The van der Waals surface area contributed by atoms with Gasteiger partial charge in [0.25, 0.3) is 0 Å². The van der Waals surface area contributed by atoms with Crippen molar-refractivity contribution in [3.8, 4) is 0 Å². The molecule has 24 heavy (non-hydrogen) atoms. The van der Waals surface area contributed by atoms with Gasteiger partial charge in [0.15, 0.2) is 6.29 Å². The number of rotatable bonds is 4. The Labute approximate surface area is 138 Å². The Bertz CT molecular complexity index is 505. The summed E-state index contributed by atoms with van der Waals surface area (Å²) in [6, 6.07) is 0. The zero-order valence-electron chi connectivity index (χ0n) is 12.8. The first-order chi connectivity index (χ1) is 11.5. The van der Waals surface area contributed by atoms with E-state index in [-0.39, 0.29) is 6.61 Å². The summed E-state index contributed by atoms with van der Waals surface area (Å²) in [7, 11) is 0. The van der Waals surface area contributed by atoms with Crippen LogP contribution in [-0.4, -0.2) is 87.0 Å². The smallest absolute Gasteiger partial charge is 0.208 e. The third kappa shape index (κ3) is 2.98. The van der Waals surface area contributed by atoms with Crippen LogP contribution in [0.3, 0.4) is 0 Å². The molecular formula is C15H22O9. The summed E-state index contributed by atoms with van der Waals surface area (Å²) >= 11 is 0. The maximum atomic E-state index is 10.0.